The first-order valence-electron chi connectivity index (χ1n) is 7.70. The molecule has 0 atom stereocenters. The minimum absolute atomic E-state index is 0.255. The van der Waals surface area contributed by atoms with Crippen LogP contribution in [0.25, 0.3) is 22.0 Å². The monoisotopic (exact) mass is 337 g/mol. The highest BCUT2D eigenvalue weighted by Crippen LogP contribution is 2.32. The molecule has 25 heavy (non-hydrogen) atoms. The molecule has 128 valence electrons. The fourth-order valence-corrected chi connectivity index (χ4v) is 2.48. The molecule has 0 aliphatic heterocycles. The Balaban J connectivity index is 2.00. The molecule has 2 aromatic carbocycles. The van der Waals surface area contributed by atoms with Crippen LogP contribution in [0.15, 0.2) is 48.6 Å². The summed E-state index contributed by atoms with van der Waals surface area (Å²) in [7, 11) is 3.24. The zero-order valence-corrected chi connectivity index (χ0v) is 14.3. The molecule has 0 saturated heterocycles. The van der Waals surface area contributed by atoms with Gasteiger partial charge in [0, 0.05) is 17.0 Å². The number of anilines is 1. The van der Waals surface area contributed by atoms with E-state index in [0.29, 0.717) is 22.9 Å². The van der Waals surface area contributed by atoms with E-state index < -0.39 is 0 Å². The summed E-state index contributed by atoms with van der Waals surface area (Å²) in [6, 6.07) is 11.5. The normalized spacial score (nSPS) is 10.5. The van der Waals surface area contributed by atoms with Gasteiger partial charge in [-0.1, -0.05) is 12.6 Å². The molecule has 0 aliphatic rings. The van der Waals surface area contributed by atoms with Crippen LogP contribution in [0, 0.1) is 0 Å². The van der Waals surface area contributed by atoms with E-state index in [1.54, 1.807) is 21.1 Å². The lowest BCUT2D eigenvalue weighted by atomic mass is 10.0. The van der Waals surface area contributed by atoms with Gasteiger partial charge >= 0.3 is 0 Å². The molecule has 0 unspecified atom stereocenters. The van der Waals surface area contributed by atoms with E-state index in [1.165, 1.54) is 0 Å². The minimum Gasteiger partial charge on any atom is -0.497 e. The molecule has 0 fully saturated rings. The Labute approximate surface area is 145 Å². The van der Waals surface area contributed by atoms with E-state index in [-0.39, 0.29) is 5.91 Å². The van der Waals surface area contributed by atoms with Gasteiger partial charge in [-0.3, -0.25) is 9.89 Å². The lowest BCUT2D eigenvalue weighted by Gasteiger charge is -2.09. The predicted octanol–water partition coefficient (Wildman–Crippen LogP) is 3.76. The van der Waals surface area contributed by atoms with Crippen LogP contribution in [0.1, 0.15) is 6.92 Å². The number of aromatic nitrogens is 2. The van der Waals surface area contributed by atoms with E-state index in [1.807, 2.05) is 36.4 Å². The maximum absolute atomic E-state index is 11.8. The van der Waals surface area contributed by atoms with Crippen LogP contribution in [0.3, 0.4) is 0 Å². The van der Waals surface area contributed by atoms with Crippen LogP contribution in [-0.4, -0.2) is 30.3 Å². The molecule has 1 amide bonds. The van der Waals surface area contributed by atoms with Gasteiger partial charge in [-0.25, -0.2) is 0 Å². The molecule has 0 saturated carbocycles. The first kappa shape index (κ1) is 16.6. The highest BCUT2D eigenvalue weighted by Gasteiger charge is 2.11. The van der Waals surface area contributed by atoms with Crippen molar-refractivity contribution in [2.24, 2.45) is 0 Å². The number of nitrogens with one attached hydrogen (secondary N) is 2. The molecule has 2 N–H and O–H groups in total. The maximum Gasteiger partial charge on any atom is 0.251 e. The Morgan fingerprint density at radius 2 is 1.76 bits per heavy atom. The summed E-state index contributed by atoms with van der Waals surface area (Å²) in [4.78, 5) is 11.8. The van der Waals surface area contributed by atoms with Gasteiger partial charge in [0.15, 0.2) is 5.82 Å². The zero-order chi connectivity index (χ0) is 18.0. The van der Waals surface area contributed by atoms with Gasteiger partial charge in [0.25, 0.3) is 5.91 Å². The number of benzene rings is 2. The fourth-order valence-electron chi connectivity index (χ4n) is 2.48. The minimum atomic E-state index is -0.255. The molecule has 6 heteroatoms. The molecule has 0 radical (unpaired) electrons. The molecule has 3 rings (SSSR count). The number of hydrogen-bond donors (Lipinski definition) is 2. The molecular formula is C19H19N3O3. The second kappa shape index (κ2) is 6.68. The number of fused-ring (bicyclic) bond motifs is 1. The Hall–Kier alpha value is -3.28. The Morgan fingerprint density at radius 3 is 2.36 bits per heavy atom. The molecule has 6 nitrogen and oxygen atoms in total. The van der Waals surface area contributed by atoms with Crippen LogP contribution in [-0.2, 0) is 4.79 Å². The third-order valence-electron chi connectivity index (χ3n) is 3.87. The highest BCUT2D eigenvalue weighted by atomic mass is 16.5. The maximum atomic E-state index is 11.8. The van der Waals surface area contributed by atoms with Crippen molar-refractivity contribution in [3.8, 4) is 22.6 Å². The van der Waals surface area contributed by atoms with Crippen molar-refractivity contribution in [2.75, 3.05) is 19.5 Å². The van der Waals surface area contributed by atoms with Gasteiger partial charge in [0.2, 0.25) is 0 Å². The average Bonchev–Trinajstić information content (AvgIpc) is 3.03. The van der Waals surface area contributed by atoms with Crippen LogP contribution in [0.4, 0.5) is 5.82 Å². The second-order valence-electron chi connectivity index (χ2n) is 5.67. The topological polar surface area (TPSA) is 76.2 Å². The number of hydrogen-bond acceptors (Lipinski definition) is 4. The first-order valence-corrected chi connectivity index (χ1v) is 7.70. The van der Waals surface area contributed by atoms with Gasteiger partial charge < -0.3 is 14.8 Å². The lowest BCUT2D eigenvalue weighted by Crippen LogP contribution is -2.12. The molecule has 1 aromatic heterocycles. The van der Waals surface area contributed by atoms with E-state index in [2.05, 4.69) is 22.1 Å². The summed E-state index contributed by atoms with van der Waals surface area (Å²) < 4.78 is 10.6. The molecule has 1 heterocycles. The number of rotatable bonds is 5. The summed E-state index contributed by atoms with van der Waals surface area (Å²) in [5, 5.41) is 10.7. The first-order chi connectivity index (χ1) is 12.0. The second-order valence-corrected chi connectivity index (χ2v) is 5.67. The number of amides is 1. The van der Waals surface area contributed by atoms with Crippen molar-refractivity contribution >= 4 is 22.6 Å². The van der Waals surface area contributed by atoms with E-state index in [9.17, 15) is 4.79 Å². The predicted molar refractivity (Wildman–Crippen MR) is 98.1 cm³/mol. The van der Waals surface area contributed by atoms with Gasteiger partial charge in [0.05, 0.1) is 19.7 Å². The van der Waals surface area contributed by atoms with E-state index >= 15 is 0 Å². The zero-order valence-electron chi connectivity index (χ0n) is 14.3. The summed E-state index contributed by atoms with van der Waals surface area (Å²) >= 11 is 0. The largest absolute Gasteiger partial charge is 0.497 e. The standard InChI is InChI=1S/C19H19N3O3/c1-11(2)19(23)20-18-16-6-5-12(9-17(16)21-22-18)13-7-14(24-3)10-15(8-13)25-4/h5-10H,1H2,2-4H3,(H2,20,21,22,23). The van der Waals surface area contributed by atoms with Crippen LogP contribution < -0.4 is 14.8 Å². The molecule has 0 aliphatic carbocycles. The van der Waals surface area contributed by atoms with Gasteiger partial charge in [-0.05, 0) is 42.3 Å². The van der Waals surface area contributed by atoms with E-state index in [4.69, 9.17) is 9.47 Å². The Kier molecular flexibility index (Phi) is 4.43. The summed E-state index contributed by atoms with van der Waals surface area (Å²) in [6.07, 6.45) is 0. The van der Waals surface area contributed by atoms with E-state index in [0.717, 1.165) is 22.0 Å². The van der Waals surface area contributed by atoms with Crippen molar-refractivity contribution < 1.29 is 14.3 Å². The number of H-pyrrole nitrogens is 1. The van der Waals surface area contributed by atoms with Crippen molar-refractivity contribution in [3.05, 3.63) is 48.6 Å². The number of aromatic amines is 1. The number of methoxy groups -OCH3 is 2. The number of ether oxygens (including phenoxy) is 2. The third kappa shape index (κ3) is 3.33. The summed E-state index contributed by atoms with van der Waals surface area (Å²) in [5.41, 5.74) is 3.18. The van der Waals surface area contributed by atoms with Crippen LogP contribution in [0.2, 0.25) is 0 Å². The number of carbonyl (C=O) groups is 1. The Morgan fingerprint density at radius 1 is 1.08 bits per heavy atom. The third-order valence-corrected chi connectivity index (χ3v) is 3.87. The van der Waals surface area contributed by atoms with Crippen molar-refractivity contribution in [1.82, 2.24) is 10.2 Å². The molecule has 0 spiro atoms. The van der Waals surface area contributed by atoms with Crippen LogP contribution >= 0.6 is 0 Å². The molecular weight excluding hydrogens is 318 g/mol. The van der Waals surface area contributed by atoms with Crippen molar-refractivity contribution in [2.45, 2.75) is 6.92 Å². The molecule has 3 aromatic rings. The quantitative estimate of drug-likeness (QED) is 0.695. The SMILES string of the molecule is C=C(C)C(=O)Nc1n[nH]c2cc(-c3cc(OC)cc(OC)c3)ccc12. The van der Waals surface area contributed by atoms with Gasteiger partial charge in [-0.15, -0.1) is 0 Å². The van der Waals surface area contributed by atoms with Crippen LogP contribution in [0.5, 0.6) is 11.5 Å². The summed E-state index contributed by atoms with van der Waals surface area (Å²) in [5.74, 6) is 1.66. The number of carbonyl (C=O) groups excluding carboxylic acids is 1. The summed E-state index contributed by atoms with van der Waals surface area (Å²) in [6.45, 7) is 5.28. The fraction of sp³-hybridized carbons (Fsp3) is 0.158. The smallest absolute Gasteiger partial charge is 0.251 e. The van der Waals surface area contributed by atoms with Gasteiger partial charge in [0.1, 0.15) is 11.5 Å². The average molecular weight is 337 g/mol. The number of nitrogens with zero attached hydrogens (tertiary/aromatic N) is 1. The van der Waals surface area contributed by atoms with Gasteiger partial charge in [-0.2, -0.15) is 5.10 Å². The van der Waals surface area contributed by atoms with Crippen molar-refractivity contribution in [1.29, 1.82) is 0 Å². The van der Waals surface area contributed by atoms with Crippen molar-refractivity contribution in [3.63, 3.8) is 0 Å². The molecule has 0 bridgehead atoms. The lowest BCUT2D eigenvalue weighted by molar-refractivity contribution is -0.112. The Bertz CT molecular complexity index is 937. The highest BCUT2D eigenvalue weighted by molar-refractivity contribution is 6.07.